The van der Waals surface area contributed by atoms with E-state index in [-0.39, 0.29) is 24.4 Å². The van der Waals surface area contributed by atoms with E-state index in [4.69, 9.17) is 33.5 Å². The topological polar surface area (TPSA) is 178 Å². The van der Waals surface area contributed by atoms with Crippen LogP contribution in [0.25, 0.3) is 11.1 Å². The van der Waals surface area contributed by atoms with Crippen molar-refractivity contribution in [3.63, 3.8) is 0 Å². The molecule has 1 aliphatic rings. The van der Waals surface area contributed by atoms with Crippen LogP contribution in [0.5, 0.6) is 5.75 Å². The van der Waals surface area contributed by atoms with Gasteiger partial charge in [-0.05, 0) is 11.6 Å². The number of benzene rings is 2. The lowest BCUT2D eigenvalue weighted by molar-refractivity contribution is -0.288. The summed E-state index contributed by atoms with van der Waals surface area (Å²) in [7, 11) is 0. The number of ketones is 1. The van der Waals surface area contributed by atoms with Crippen molar-refractivity contribution in [3.8, 4) is 16.9 Å². The second-order valence-corrected chi connectivity index (χ2v) is 9.58. The number of carbonyl (C=O) groups excluding carboxylic acids is 5. The lowest BCUT2D eigenvalue weighted by Crippen LogP contribution is -2.63. The Kier molecular flexibility index (Phi) is 11.4. The van der Waals surface area contributed by atoms with Gasteiger partial charge in [0.25, 0.3) is 0 Å². The number of aliphatic carboxylic acids is 1. The Morgan fingerprint density at radius 3 is 1.88 bits per heavy atom. The molecule has 13 heteroatoms. The van der Waals surface area contributed by atoms with E-state index >= 15 is 0 Å². The molecule has 0 aliphatic carbocycles. The van der Waals surface area contributed by atoms with E-state index < -0.39 is 67.2 Å². The van der Waals surface area contributed by atoms with E-state index in [0.717, 1.165) is 20.8 Å². The van der Waals surface area contributed by atoms with Crippen LogP contribution < -0.4 is 4.74 Å². The summed E-state index contributed by atoms with van der Waals surface area (Å²) in [5.74, 6) is -4.10. The minimum absolute atomic E-state index is 0.142. The van der Waals surface area contributed by atoms with Crippen molar-refractivity contribution < 1.29 is 62.3 Å². The van der Waals surface area contributed by atoms with Crippen LogP contribution in [0.2, 0.25) is 0 Å². The molecule has 0 saturated carbocycles. The molecule has 1 N–H and O–H groups in total. The van der Waals surface area contributed by atoms with E-state index in [1.807, 2.05) is 0 Å². The Hall–Kier alpha value is -4.78. The fraction of sp³-hybridized carbons (Fsp3) is 0.400. The molecule has 1 saturated heterocycles. The maximum Gasteiger partial charge on any atom is 0.303 e. The quantitative estimate of drug-likeness (QED) is 0.214. The van der Waals surface area contributed by atoms with Crippen LogP contribution in [0.4, 0.5) is 0 Å². The molecule has 0 aromatic heterocycles. The number of ether oxygens (including phenoxy) is 6. The van der Waals surface area contributed by atoms with Gasteiger partial charge in [0.15, 0.2) is 18.0 Å². The highest BCUT2D eigenvalue weighted by Gasteiger charge is 2.53. The molecule has 0 bridgehead atoms. The van der Waals surface area contributed by atoms with E-state index in [1.54, 1.807) is 48.5 Å². The van der Waals surface area contributed by atoms with Crippen molar-refractivity contribution >= 4 is 35.6 Å². The molecule has 13 nitrogen and oxygen atoms in total. The van der Waals surface area contributed by atoms with Gasteiger partial charge in [-0.1, -0.05) is 42.5 Å². The predicted molar refractivity (Wildman–Crippen MR) is 146 cm³/mol. The molecule has 5 atom stereocenters. The monoisotopic (exact) mass is 600 g/mol. The lowest BCUT2D eigenvalue weighted by Gasteiger charge is -2.44. The molecule has 0 spiro atoms. The third-order valence-electron chi connectivity index (χ3n) is 6.16. The minimum atomic E-state index is -1.43. The molecule has 1 fully saturated rings. The normalized spacial score (nSPS) is 21.2. The SMILES string of the molecule is CC(=O)OC[C@H]1O[C@H](Oc2ccccc2-c2ccc(C(=O)CCC(=O)O)cc2)[C@@H](OC(C)=O)[C@@H](OC(C)=O)[C@@H]1OC(C)=O. The summed E-state index contributed by atoms with van der Waals surface area (Å²) in [6.45, 7) is 4.13. The van der Waals surface area contributed by atoms with Gasteiger partial charge in [-0.25, -0.2) is 0 Å². The molecule has 43 heavy (non-hydrogen) atoms. The molecular weight excluding hydrogens is 568 g/mol. The highest BCUT2D eigenvalue weighted by atomic mass is 16.7. The first-order valence-corrected chi connectivity index (χ1v) is 13.3. The second kappa shape index (κ2) is 14.9. The van der Waals surface area contributed by atoms with Gasteiger partial charge < -0.3 is 33.5 Å². The molecule has 230 valence electrons. The van der Waals surface area contributed by atoms with Gasteiger partial charge >= 0.3 is 29.8 Å². The molecule has 0 amide bonds. The van der Waals surface area contributed by atoms with Crippen LogP contribution in [0, 0.1) is 0 Å². The van der Waals surface area contributed by atoms with Crippen molar-refractivity contribution in [1.29, 1.82) is 0 Å². The van der Waals surface area contributed by atoms with E-state index in [2.05, 4.69) is 0 Å². The summed E-state index contributed by atoms with van der Waals surface area (Å²) in [6.07, 6.45) is -7.18. The summed E-state index contributed by atoms with van der Waals surface area (Å²) in [5, 5.41) is 8.84. The van der Waals surface area contributed by atoms with Crippen molar-refractivity contribution in [2.45, 2.75) is 71.2 Å². The molecule has 3 rings (SSSR count). The molecule has 1 aliphatic heterocycles. The van der Waals surface area contributed by atoms with Crippen molar-refractivity contribution in [2.75, 3.05) is 6.61 Å². The minimum Gasteiger partial charge on any atom is -0.481 e. The summed E-state index contributed by atoms with van der Waals surface area (Å²) in [5.41, 5.74) is 1.50. The second-order valence-electron chi connectivity index (χ2n) is 9.58. The van der Waals surface area contributed by atoms with Crippen LogP contribution in [0.1, 0.15) is 50.9 Å². The van der Waals surface area contributed by atoms with E-state index in [0.29, 0.717) is 16.7 Å². The molecule has 2 aromatic rings. The van der Waals surface area contributed by atoms with Crippen LogP contribution in [-0.4, -0.2) is 78.0 Å². The largest absolute Gasteiger partial charge is 0.481 e. The van der Waals surface area contributed by atoms with Gasteiger partial charge in [0.05, 0.1) is 6.42 Å². The van der Waals surface area contributed by atoms with E-state index in [9.17, 15) is 28.8 Å². The maximum atomic E-state index is 12.3. The van der Waals surface area contributed by atoms with Crippen LogP contribution in [0.3, 0.4) is 0 Å². The lowest BCUT2D eigenvalue weighted by atomic mass is 9.97. The Balaban J connectivity index is 1.98. The molecule has 1 heterocycles. The number of hydrogen-bond acceptors (Lipinski definition) is 12. The van der Waals surface area contributed by atoms with Gasteiger partial charge in [0, 0.05) is 45.2 Å². The number of rotatable bonds is 12. The average molecular weight is 601 g/mol. The Morgan fingerprint density at radius 2 is 1.30 bits per heavy atom. The highest BCUT2D eigenvalue weighted by Crippen LogP contribution is 2.35. The number of carboxylic acid groups (broad SMARTS) is 1. The third-order valence-corrected chi connectivity index (χ3v) is 6.16. The zero-order valence-electron chi connectivity index (χ0n) is 24.0. The predicted octanol–water partition coefficient (Wildman–Crippen LogP) is 2.86. The van der Waals surface area contributed by atoms with Crippen molar-refractivity contribution in [2.24, 2.45) is 0 Å². The summed E-state index contributed by atoms with van der Waals surface area (Å²) < 4.78 is 33.6. The van der Waals surface area contributed by atoms with Gasteiger partial charge in [0.1, 0.15) is 18.5 Å². The smallest absolute Gasteiger partial charge is 0.303 e. The van der Waals surface area contributed by atoms with E-state index in [1.165, 1.54) is 6.92 Å². The molecule has 0 unspecified atom stereocenters. The zero-order chi connectivity index (χ0) is 31.7. The Morgan fingerprint density at radius 1 is 0.721 bits per heavy atom. The summed E-state index contributed by atoms with van der Waals surface area (Å²) in [6, 6.07) is 13.2. The first-order valence-electron chi connectivity index (χ1n) is 13.3. The van der Waals surface area contributed by atoms with Crippen LogP contribution in [-0.2, 0) is 47.7 Å². The molecular formula is C30H32O13. The Bertz CT molecular complexity index is 1350. The fourth-order valence-corrected chi connectivity index (χ4v) is 4.42. The molecule has 2 aromatic carbocycles. The summed E-state index contributed by atoms with van der Waals surface area (Å²) >= 11 is 0. The van der Waals surface area contributed by atoms with Gasteiger partial charge in [-0.2, -0.15) is 0 Å². The first-order chi connectivity index (χ1) is 20.3. The summed E-state index contributed by atoms with van der Waals surface area (Å²) in [4.78, 5) is 70.9. The average Bonchev–Trinajstić information content (AvgIpc) is 2.93. The first kappa shape index (κ1) is 32.7. The number of hydrogen-bond donors (Lipinski definition) is 1. The molecule has 0 radical (unpaired) electrons. The van der Waals surface area contributed by atoms with Crippen LogP contribution >= 0.6 is 0 Å². The standard InChI is InChI=1S/C30H32O13/c1-16(31)38-15-25-27(39-17(2)32)28(40-18(3)33)29(41-19(4)34)30(43-25)42-24-8-6-5-7-22(24)20-9-11-21(12-10-20)23(35)13-14-26(36)37/h5-12,25,27-30H,13-15H2,1-4H3,(H,36,37)/t25-,27-,28+,29+,30+/m1/s1. The number of esters is 4. The van der Waals surface area contributed by atoms with Gasteiger partial charge in [-0.3, -0.25) is 28.8 Å². The van der Waals surface area contributed by atoms with Crippen molar-refractivity contribution in [1.82, 2.24) is 0 Å². The van der Waals surface area contributed by atoms with Gasteiger partial charge in [0.2, 0.25) is 12.4 Å². The van der Waals surface area contributed by atoms with Crippen molar-refractivity contribution in [3.05, 3.63) is 54.1 Å². The van der Waals surface area contributed by atoms with Gasteiger partial charge in [-0.15, -0.1) is 0 Å². The maximum absolute atomic E-state index is 12.3. The number of para-hydroxylation sites is 1. The number of carboxylic acids is 1. The Labute approximate surface area is 246 Å². The fourth-order valence-electron chi connectivity index (χ4n) is 4.42. The highest BCUT2D eigenvalue weighted by molar-refractivity contribution is 5.97. The van der Waals surface area contributed by atoms with Crippen LogP contribution in [0.15, 0.2) is 48.5 Å². The third kappa shape index (κ3) is 9.36. The number of Topliss-reactive ketones (excluding diaryl/α,β-unsaturated/α-hetero) is 1. The zero-order valence-corrected chi connectivity index (χ0v) is 24.0. The number of carbonyl (C=O) groups is 6.